The Labute approximate surface area is 152 Å². The van der Waals surface area contributed by atoms with Crippen molar-refractivity contribution in [3.8, 4) is 0 Å². The molecule has 0 aliphatic carbocycles. The van der Waals surface area contributed by atoms with Crippen LogP contribution in [0.25, 0.3) is 0 Å². The van der Waals surface area contributed by atoms with E-state index >= 15 is 0 Å². The Balaban J connectivity index is 0.000000299. The Kier molecular flexibility index (Phi) is 13.7. The van der Waals surface area contributed by atoms with E-state index in [1.807, 2.05) is 0 Å². The standard InChI is InChI=1S/2C6H12N2.2B.2ClH.Zr/c2*1-2-8-5-3-7(1)4-6-8;;;;;/h2*1-6H2;;;2*1H;/q;;2*-1;;;+4/p-2. The Bertz CT molecular complexity index is 183. The summed E-state index contributed by atoms with van der Waals surface area (Å²) in [6, 6.07) is 0. The van der Waals surface area contributed by atoms with Crippen molar-refractivity contribution in [1.82, 2.24) is 19.6 Å². The van der Waals surface area contributed by atoms with Gasteiger partial charge >= 0.3 is 37.9 Å². The van der Waals surface area contributed by atoms with Crippen LogP contribution in [0.15, 0.2) is 0 Å². The van der Waals surface area contributed by atoms with E-state index in [1.165, 1.54) is 78.5 Å². The maximum absolute atomic E-state index is 4.93. The number of nitrogens with zero attached hydrogens (tertiary/aromatic N) is 4. The zero-order chi connectivity index (χ0) is 13.5. The SMILES string of the molecule is C1CN2CCN1CC2.C1CN2CCN1CC2.[B-].[B-].[Cl][Zr+2][Cl]. The topological polar surface area (TPSA) is 13.0 Å². The summed E-state index contributed by atoms with van der Waals surface area (Å²) in [4.78, 5) is 10.2. The second kappa shape index (κ2) is 12.8. The third kappa shape index (κ3) is 8.19. The Morgan fingerprint density at radius 2 is 0.524 bits per heavy atom. The van der Waals surface area contributed by atoms with Gasteiger partial charge in [0.15, 0.2) is 0 Å². The Morgan fingerprint density at radius 3 is 0.571 bits per heavy atom. The van der Waals surface area contributed by atoms with Gasteiger partial charge in [-0.05, 0) is 0 Å². The van der Waals surface area contributed by atoms with Crippen molar-refractivity contribution in [2.24, 2.45) is 0 Å². The van der Waals surface area contributed by atoms with Gasteiger partial charge in [0.2, 0.25) is 0 Å². The van der Waals surface area contributed by atoms with Crippen molar-refractivity contribution in [3.05, 3.63) is 0 Å². The first-order valence-electron chi connectivity index (χ1n) is 7.17. The van der Waals surface area contributed by atoms with Crippen LogP contribution < -0.4 is 0 Å². The van der Waals surface area contributed by atoms with Gasteiger partial charge in [-0.15, -0.1) is 0 Å². The van der Waals surface area contributed by atoms with Crippen molar-refractivity contribution in [1.29, 1.82) is 0 Å². The first kappa shape index (κ1) is 22.4. The van der Waals surface area contributed by atoms with Gasteiger partial charge in [-0.3, -0.25) is 19.6 Å². The molecule has 0 atom stereocenters. The summed E-state index contributed by atoms with van der Waals surface area (Å²) in [5.41, 5.74) is 0. The van der Waals surface area contributed by atoms with Crippen LogP contribution >= 0.6 is 17.0 Å². The molecule has 6 heterocycles. The average Bonchev–Trinajstić information content (AvgIpc) is 2.53. The third-order valence-corrected chi connectivity index (χ3v) is 4.39. The first-order valence-corrected chi connectivity index (χ1v) is 13.5. The number of piperazine rings is 6. The fraction of sp³-hybridized carbons (Fsp3) is 1.00. The summed E-state index contributed by atoms with van der Waals surface area (Å²) in [6.07, 6.45) is 0. The van der Waals surface area contributed by atoms with Crippen LogP contribution in [0.1, 0.15) is 0 Å². The van der Waals surface area contributed by atoms with Gasteiger partial charge in [0, 0.05) is 78.5 Å². The summed E-state index contributed by atoms with van der Waals surface area (Å²) in [6.45, 7) is 15.8. The number of fused-ring (bicyclic) bond motifs is 6. The molecule has 0 saturated carbocycles. The van der Waals surface area contributed by atoms with Crippen LogP contribution in [0.4, 0.5) is 0 Å². The molecule has 6 aliphatic rings. The number of hydrogen-bond donors (Lipinski definition) is 0. The molecule has 6 aliphatic heterocycles. The molecule has 4 bridgehead atoms. The van der Waals surface area contributed by atoms with Crippen LogP contribution in [0.2, 0.25) is 0 Å². The molecule has 21 heavy (non-hydrogen) atoms. The van der Waals surface area contributed by atoms with Gasteiger partial charge in [-0.25, -0.2) is 0 Å². The van der Waals surface area contributed by atoms with Crippen LogP contribution in [0.5, 0.6) is 0 Å². The van der Waals surface area contributed by atoms with Gasteiger partial charge in [-0.2, -0.15) is 0 Å². The fourth-order valence-electron chi connectivity index (χ4n) is 3.04. The molecule has 116 valence electrons. The minimum atomic E-state index is -0.826. The average molecular weight is 408 g/mol. The molecule has 6 fully saturated rings. The summed E-state index contributed by atoms with van der Waals surface area (Å²) >= 11 is -0.826. The molecule has 0 N–H and O–H groups in total. The van der Waals surface area contributed by atoms with Crippen molar-refractivity contribution >= 4 is 33.9 Å². The van der Waals surface area contributed by atoms with Gasteiger partial charge in [0.25, 0.3) is 0 Å². The minimum absolute atomic E-state index is 0. The number of rotatable bonds is 0. The number of halogens is 2. The Morgan fingerprint density at radius 1 is 0.429 bits per heavy atom. The van der Waals surface area contributed by atoms with Gasteiger partial charge < -0.3 is 16.8 Å². The van der Waals surface area contributed by atoms with Crippen LogP contribution in [-0.4, -0.2) is 115 Å². The second-order valence-electron chi connectivity index (χ2n) is 5.44. The van der Waals surface area contributed by atoms with E-state index in [-0.39, 0.29) is 16.8 Å². The predicted octanol–water partition coefficient (Wildman–Crippen LogP) is -0.150. The zero-order valence-corrected chi connectivity index (χ0v) is 16.7. The molecule has 0 aromatic heterocycles. The fourth-order valence-corrected chi connectivity index (χ4v) is 3.04. The molecule has 8 radical (unpaired) electrons. The Hall–Kier alpha value is 1.43. The van der Waals surface area contributed by atoms with Gasteiger partial charge in [0.1, 0.15) is 0 Å². The summed E-state index contributed by atoms with van der Waals surface area (Å²) in [7, 11) is 9.87. The quantitative estimate of drug-likeness (QED) is 0.518. The van der Waals surface area contributed by atoms with Crippen LogP contribution in [0.3, 0.4) is 0 Å². The van der Waals surface area contributed by atoms with E-state index in [9.17, 15) is 0 Å². The van der Waals surface area contributed by atoms with E-state index in [2.05, 4.69) is 19.6 Å². The molecular formula is C12H24B2Cl2N4Zr. The molecule has 4 nitrogen and oxygen atoms in total. The van der Waals surface area contributed by atoms with Gasteiger partial charge in [0.05, 0.1) is 0 Å². The maximum atomic E-state index is 4.93. The zero-order valence-electron chi connectivity index (χ0n) is 12.7. The van der Waals surface area contributed by atoms with Crippen LogP contribution in [0, 0.1) is 0 Å². The molecule has 6 rings (SSSR count). The second-order valence-corrected chi connectivity index (χ2v) is 9.17. The molecule has 0 aromatic carbocycles. The normalized spacial score (nSPS) is 34.8. The molecule has 0 aromatic rings. The van der Waals surface area contributed by atoms with E-state index < -0.39 is 20.8 Å². The first-order chi connectivity index (χ1) is 9.31. The third-order valence-electron chi connectivity index (χ3n) is 4.39. The molecule has 0 amide bonds. The monoisotopic (exact) mass is 406 g/mol. The molecular weight excluding hydrogens is 384 g/mol. The van der Waals surface area contributed by atoms with E-state index in [0.29, 0.717) is 0 Å². The molecule has 6 saturated heterocycles. The van der Waals surface area contributed by atoms with Crippen molar-refractivity contribution < 1.29 is 20.8 Å². The van der Waals surface area contributed by atoms with Crippen molar-refractivity contribution in [2.45, 2.75) is 0 Å². The summed E-state index contributed by atoms with van der Waals surface area (Å²) < 4.78 is 0. The summed E-state index contributed by atoms with van der Waals surface area (Å²) in [5, 5.41) is 0. The molecule has 0 unspecified atom stereocenters. The predicted molar refractivity (Wildman–Crippen MR) is 89.0 cm³/mol. The molecule has 0 spiro atoms. The van der Waals surface area contributed by atoms with Crippen molar-refractivity contribution in [3.63, 3.8) is 0 Å². The van der Waals surface area contributed by atoms with E-state index in [0.717, 1.165) is 0 Å². The summed E-state index contributed by atoms with van der Waals surface area (Å²) in [5.74, 6) is 0. The van der Waals surface area contributed by atoms with E-state index in [1.54, 1.807) is 0 Å². The van der Waals surface area contributed by atoms with Gasteiger partial charge in [-0.1, -0.05) is 0 Å². The number of hydrogen-bond acceptors (Lipinski definition) is 4. The van der Waals surface area contributed by atoms with Crippen molar-refractivity contribution in [2.75, 3.05) is 78.5 Å². The molecule has 9 heteroatoms. The van der Waals surface area contributed by atoms with Crippen LogP contribution in [-0.2, 0) is 20.8 Å². The van der Waals surface area contributed by atoms with E-state index in [4.69, 9.17) is 17.0 Å².